The molecule has 25 heavy (non-hydrogen) atoms. The lowest BCUT2D eigenvalue weighted by molar-refractivity contribution is 0.602. The molecule has 0 spiro atoms. The van der Waals surface area contributed by atoms with Crippen molar-refractivity contribution in [2.75, 3.05) is 4.72 Å². The highest BCUT2D eigenvalue weighted by atomic mass is 32.2. The Hall–Kier alpha value is -3.12. The molecule has 0 aliphatic carbocycles. The van der Waals surface area contributed by atoms with Crippen molar-refractivity contribution in [1.29, 1.82) is 0 Å². The Kier molecular flexibility index (Phi) is 3.74. The second-order valence-corrected chi connectivity index (χ2v) is 7.25. The number of rotatable bonds is 4. The van der Waals surface area contributed by atoms with Crippen LogP contribution in [0.1, 0.15) is 0 Å². The van der Waals surface area contributed by atoms with E-state index >= 15 is 0 Å². The molecule has 3 aromatic carbocycles. The van der Waals surface area contributed by atoms with Crippen molar-refractivity contribution >= 4 is 26.5 Å². The van der Waals surface area contributed by atoms with Gasteiger partial charge in [0.15, 0.2) is 0 Å². The summed E-state index contributed by atoms with van der Waals surface area (Å²) < 4.78 is 30.1. The lowest BCUT2D eigenvalue weighted by atomic mass is 10.1. The third-order valence-corrected chi connectivity index (χ3v) is 5.40. The molecule has 6 heteroatoms. The number of fused-ring (bicyclic) bond motifs is 1. The van der Waals surface area contributed by atoms with Gasteiger partial charge in [0.05, 0.1) is 11.2 Å². The van der Waals surface area contributed by atoms with Crippen molar-refractivity contribution in [1.82, 2.24) is 9.55 Å². The molecule has 0 saturated heterocycles. The molecular formula is C19H15N3O2S. The normalized spacial score (nSPS) is 11.5. The fourth-order valence-corrected chi connectivity index (χ4v) is 4.04. The van der Waals surface area contributed by atoms with E-state index in [0.29, 0.717) is 11.1 Å². The molecule has 0 amide bonds. The number of anilines is 1. The fourth-order valence-electron chi connectivity index (χ4n) is 2.75. The Balaban J connectivity index is 1.67. The minimum atomic E-state index is -3.68. The summed E-state index contributed by atoms with van der Waals surface area (Å²) in [4.78, 5) is 4.27. The summed E-state index contributed by atoms with van der Waals surface area (Å²) in [5.41, 5.74) is 1.42. The zero-order valence-electron chi connectivity index (χ0n) is 13.2. The van der Waals surface area contributed by atoms with Crippen LogP contribution in [0.4, 0.5) is 5.69 Å². The highest BCUT2D eigenvalue weighted by Crippen LogP contribution is 2.25. The van der Waals surface area contributed by atoms with Crippen molar-refractivity contribution < 1.29 is 8.42 Å². The molecule has 0 saturated carbocycles. The van der Waals surface area contributed by atoms with Crippen LogP contribution in [-0.4, -0.2) is 18.0 Å². The van der Waals surface area contributed by atoms with Gasteiger partial charge in [-0.2, -0.15) is 0 Å². The molecule has 124 valence electrons. The average molecular weight is 349 g/mol. The summed E-state index contributed by atoms with van der Waals surface area (Å²) in [6.45, 7) is 0. The first-order valence-corrected chi connectivity index (χ1v) is 9.21. The van der Waals surface area contributed by atoms with Gasteiger partial charge in [-0.25, -0.2) is 13.4 Å². The summed E-state index contributed by atoms with van der Waals surface area (Å²) in [6.07, 6.45) is 5.21. The van der Waals surface area contributed by atoms with Crippen molar-refractivity contribution in [3.05, 3.63) is 85.5 Å². The first-order chi connectivity index (χ1) is 12.1. The van der Waals surface area contributed by atoms with Crippen molar-refractivity contribution in [3.63, 3.8) is 0 Å². The summed E-state index contributed by atoms with van der Waals surface area (Å²) in [7, 11) is -3.68. The third kappa shape index (κ3) is 2.99. The van der Waals surface area contributed by atoms with Gasteiger partial charge in [0.25, 0.3) is 10.0 Å². The molecule has 0 atom stereocenters. The van der Waals surface area contributed by atoms with Crippen molar-refractivity contribution in [2.45, 2.75) is 4.90 Å². The summed E-state index contributed by atoms with van der Waals surface area (Å²) in [5.74, 6) is 0. The second-order valence-electron chi connectivity index (χ2n) is 5.60. The monoisotopic (exact) mass is 349 g/mol. The maximum Gasteiger partial charge on any atom is 0.262 e. The number of hydrogen-bond acceptors (Lipinski definition) is 3. The number of nitrogens with one attached hydrogen (secondary N) is 1. The minimum Gasteiger partial charge on any atom is -0.306 e. The van der Waals surface area contributed by atoms with E-state index in [1.165, 1.54) is 0 Å². The van der Waals surface area contributed by atoms with E-state index in [0.717, 1.165) is 11.1 Å². The number of sulfonamides is 1. The van der Waals surface area contributed by atoms with Crippen LogP contribution in [0, 0.1) is 0 Å². The molecular weight excluding hydrogens is 334 g/mol. The topological polar surface area (TPSA) is 64.0 Å². The van der Waals surface area contributed by atoms with E-state index in [4.69, 9.17) is 0 Å². The first kappa shape index (κ1) is 15.4. The smallest absolute Gasteiger partial charge is 0.262 e. The SMILES string of the molecule is O=S(=O)(Nc1ccc(-n2ccnc2)cc1)c1cccc2ccccc12. The van der Waals surface area contributed by atoms with Crippen LogP contribution in [-0.2, 0) is 10.0 Å². The average Bonchev–Trinajstić information content (AvgIpc) is 3.16. The zero-order valence-corrected chi connectivity index (χ0v) is 14.0. The fraction of sp³-hybridized carbons (Fsp3) is 0. The molecule has 1 heterocycles. The lowest BCUT2D eigenvalue weighted by Crippen LogP contribution is -2.13. The van der Waals surface area contributed by atoms with Gasteiger partial charge in [-0.3, -0.25) is 4.72 Å². The molecule has 0 aliphatic heterocycles. The van der Waals surface area contributed by atoms with Crippen LogP contribution in [0.5, 0.6) is 0 Å². The van der Waals surface area contributed by atoms with Crippen LogP contribution >= 0.6 is 0 Å². The van der Waals surface area contributed by atoms with Crippen molar-refractivity contribution in [3.8, 4) is 5.69 Å². The second kappa shape index (κ2) is 6.07. The molecule has 1 N–H and O–H groups in total. The van der Waals surface area contributed by atoms with Crippen LogP contribution < -0.4 is 4.72 Å². The quantitative estimate of drug-likeness (QED) is 0.609. The number of aromatic nitrogens is 2. The van der Waals surface area contributed by atoms with E-state index in [1.807, 2.05) is 53.2 Å². The predicted octanol–water partition coefficient (Wildman–Crippen LogP) is 3.83. The number of nitrogens with zero attached hydrogens (tertiary/aromatic N) is 2. The molecule has 0 unspecified atom stereocenters. The van der Waals surface area contributed by atoms with Gasteiger partial charge in [-0.1, -0.05) is 36.4 Å². The molecule has 0 bridgehead atoms. The summed E-state index contributed by atoms with van der Waals surface area (Å²) in [6, 6.07) is 19.8. The van der Waals surface area contributed by atoms with Crippen LogP contribution in [0.3, 0.4) is 0 Å². The third-order valence-electron chi connectivity index (χ3n) is 3.96. The van der Waals surface area contributed by atoms with E-state index in [-0.39, 0.29) is 4.90 Å². The maximum atomic E-state index is 12.8. The molecule has 0 fully saturated rings. The highest BCUT2D eigenvalue weighted by molar-refractivity contribution is 7.93. The largest absolute Gasteiger partial charge is 0.306 e. The summed E-state index contributed by atoms with van der Waals surface area (Å²) >= 11 is 0. The van der Waals surface area contributed by atoms with Gasteiger partial charge in [-0.05, 0) is 35.7 Å². The zero-order chi connectivity index (χ0) is 17.3. The molecule has 5 nitrogen and oxygen atoms in total. The Morgan fingerprint density at radius 2 is 1.64 bits per heavy atom. The van der Waals surface area contributed by atoms with E-state index in [1.54, 1.807) is 36.8 Å². The standard InChI is InChI=1S/C19H15N3O2S/c23-25(24,19-7-3-5-15-4-1-2-6-18(15)19)21-16-8-10-17(11-9-16)22-13-12-20-14-22/h1-14,21H. The Bertz CT molecular complexity index is 1110. The first-order valence-electron chi connectivity index (χ1n) is 7.72. The Morgan fingerprint density at radius 3 is 2.40 bits per heavy atom. The van der Waals surface area contributed by atoms with Gasteiger partial charge < -0.3 is 4.57 Å². The molecule has 4 rings (SSSR count). The van der Waals surface area contributed by atoms with Gasteiger partial charge in [-0.15, -0.1) is 0 Å². The number of imidazole rings is 1. The Morgan fingerprint density at radius 1 is 0.880 bits per heavy atom. The van der Waals surface area contributed by atoms with E-state index < -0.39 is 10.0 Å². The molecule has 0 radical (unpaired) electrons. The molecule has 0 aliphatic rings. The van der Waals surface area contributed by atoms with Gasteiger partial charge in [0.1, 0.15) is 0 Å². The van der Waals surface area contributed by atoms with Gasteiger partial charge >= 0.3 is 0 Å². The van der Waals surface area contributed by atoms with Crippen LogP contribution in [0.25, 0.3) is 16.5 Å². The van der Waals surface area contributed by atoms with Gasteiger partial charge in [0, 0.05) is 29.2 Å². The van der Waals surface area contributed by atoms with Crippen LogP contribution in [0.15, 0.2) is 90.3 Å². The number of hydrogen-bond donors (Lipinski definition) is 1. The molecule has 1 aromatic heterocycles. The molecule has 4 aromatic rings. The number of benzene rings is 3. The van der Waals surface area contributed by atoms with Gasteiger partial charge in [0.2, 0.25) is 0 Å². The Labute approximate surface area is 145 Å². The minimum absolute atomic E-state index is 0.268. The van der Waals surface area contributed by atoms with E-state index in [9.17, 15) is 8.42 Å². The highest BCUT2D eigenvalue weighted by Gasteiger charge is 2.17. The summed E-state index contributed by atoms with van der Waals surface area (Å²) in [5, 5.41) is 1.59. The predicted molar refractivity (Wildman–Crippen MR) is 98.3 cm³/mol. The van der Waals surface area contributed by atoms with E-state index in [2.05, 4.69) is 9.71 Å². The van der Waals surface area contributed by atoms with Crippen molar-refractivity contribution in [2.24, 2.45) is 0 Å². The lowest BCUT2D eigenvalue weighted by Gasteiger charge is -2.11. The van der Waals surface area contributed by atoms with Crippen LogP contribution in [0.2, 0.25) is 0 Å². The maximum absolute atomic E-state index is 12.8.